The number of ether oxygens (including phenoxy) is 1. The molecule has 98 valence electrons. The van der Waals surface area contributed by atoms with Crippen LogP contribution in [0.1, 0.15) is 24.2 Å². The van der Waals surface area contributed by atoms with E-state index < -0.39 is 5.82 Å². The van der Waals surface area contributed by atoms with Crippen molar-refractivity contribution >= 4 is 17.5 Å². The Morgan fingerprint density at radius 2 is 2.22 bits per heavy atom. The second-order valence-electron chi connectivity index (χ2n) is 4.55. The Balaban J connectivity index is 2.30. The number of amides is 1. The van der Waals surface area contributed by atoms with Gasteiger partial charge in [-0.25, -0.2) is 4.39 Å². The summed E-state index contributed by atoms with van der Waals surface area (Å²) < 4.78 is 19.2. The molecule has 1 fully saturated rings. The number of halogens is 2. The minimum Gasteiger partial charge on any atom is -0.375 e. The quantitative estimate of drug-likeness (QED) is 0.786. The normalized spacial score (nSPS) is 24.1. The fraction of sp³-hybridized carbons (Fsp3) is 0.462. The van der Waals surface area contributed by atoms with Crippen LogP contribution in [0.2, 0.25) is 5.02 Å². The first-order valence-electron chi connectivity index (χ1n) is 5.87. The van der Waals surface area contributed by atoms with Crippen LogP contribution in [-0.4, -0.2) is 36.1 Å². The lowest BCUT2D eigenvalue weighted by molar-refractivity contribution is -0.0388. The van der Waals surface area contributed by atoms with Gasteiger partial charge in [0.25, 0.3) is 5.91 Å². The Morgan fingerprint density at radius 3 is 2.89 bits per heavy atom. The number of benzene rings is 1. The molecule has 0 aliphatic carbocycles. The van der Waals surface area contributed by atoms with Crippen LogP contribution in [0.4, 0.5) is 4.39 Å². The van der Waals surface area contributed by atoms with E-state index >= 15 is 0 Å². The van der Waals surface area contributed by atoms with E-state index in [0.29, 0.717) is 13.2 Å². The standard InChI is InChI=1S/C13H15ClFNO2/c1-8-7-18-9(2)6-16(8)13(17)12-10(14)4-3-5-11(12)15/h3-5,8-9H,6-7H2,1-2H3. The highest BCUT2D eigenvalue weighted by Gasteiger charge is 2.30. The highest BCUT2D eigenvalue weighted by molar-refractivity contribution is 6.33. The third-order valence-corrected chi connectivity index (χ3v) is 3.36. The van der Waals surface area contributed by atoms with Crippen molar-refractivity contribution in [2.45, 2.75) is 26.0 Å². The van der Waals surface area contributed by atoms with Crippen LogP contribution in [0.25, 0.3) is 0 Å². The van der Waals surface area contributed by atoms with E-state index in [0.717, 1.165) is 0 Å². The van der Waals surface area contributed by atoms with E-state index in [1.807, 2.05) is 13.8 Å². The molecule has 2 unspecified atom stereocenters. The fourth-order valence-corrected chi connectivity index (χ4v) is 2.28. The van der Waals surface area contributed by atoms with Crippen LogP contribution < -0.4 is 0 Å². The van der Waals surface area contributed by atoms with Gasteiger partial charge in [-0.1, -0.05) is 17.7 Å². The summed E-state index contributed by atoms with van der Waals surface area (Å²) in [6.07, 6.45) is -0.0456. The Hall–Kier alpha value is -1.13. The number of hydrogen-bond acceptors (Lipinski definition) is 2. The molecule has 1 heterocycles. The molecule has 1 amide bonds. The van der Waals surface area contributed by atoms with Gasteiger partial charge in [-0.05, 0) is 26.0 Å². The second kappa shape index (κ2) is 5.24. The maximum absolute atomic E-state index is 13.7. The SMILES string of the molecule is CC1CN(C(=O)c2c(F)cccc2Cl)C(C)CO1. The molecule has 0 bridgehead atoms. The van der Waals surface area contributed by atoms with Gasteiger partial charge in [0.15, 0.2) is 0 Å². The van der Waals surface area contributed by atoms with Gasteiger partial charge in [-0.15, -0.1) is 0 Å². The zero-order valence-electron chi connectivity index (χ0n) is 10.3. The molecule has 5 heteroatoms. The predicted octanol–water partition coefficient (Wildman–Crippen LogP) is 2.73. The van der Waals surface area contributed by atoms with Crippen molar-refractivity contribution in [1.29, 1.82) is 0 Å². The average molecular weight is 272 g/mol. The Morgan fingerprint density at radius 1 is 1.50 bits per heavy atom. The molecular formula is C13H15ClFNO2. The predicted molar refractivity (Wildman–Crippen MR) is 67.3 cm³/mol. The van der Waals surface area contributed by atoms with Crippen molar-refractivity contribution in [3.8, 4) is 0 Å². The maximum atomic E-state index is 13.7. The van der Waals surface area contributed by atoms with Crippen molar-refractivity contribution in [1.82, 2.24) is 4.90 Å². The summed E-state index contributed by atoms with van der Waals surface area (Å²) >= 11 is 5.91. The summed E-state index contributed by atoms with van der Waals surface area (Å²) in [5.41, 5.74) is -0.0554. The molecule has 0 spiro atoms. The summed E-state index contributed by atoms with van der Waals surface area (Å²) in [5, 5.41) is 0.145. The van der Waals surface area contributed by atoms with Gasteiger partial charge >= 0.3 is 0 Å². The molecule has 1 aliphatic rings. The van der Waals surface area contributed by atoms with E-state index in [-0.39, 0.29) is 28.6 Å². The topological polar surface area (TPSA) is 29.5 Å². The summed E-state index contributed by atoms with van der Waals surface area (Å²) in [5.74, 6) is -0.959. The van der Waals surface area contributed by atoms with Gasteiger partial charge in [0, 0.05) is 6.54 Å². The second-order valence-corrected chi connectivity index (χ2v) is 4.95. The molecule has 0 aromatic heterocycles. The number of nitrogens with zero attached hydrogens (tertiary/aromatic N) is 1. The average Bonchev–Trinajstić information content (AvgIpc) is 2.32. The largest absolute Gasteiger partial charge is 0.375 e. The van der Waals surface area contributed by atoms with E-state index in [2.05, 4.69) is 0 Å². The maximum Gasteiger partial charge on any atom is 0.258 e. The monoisotopic (exact) mass is 271 g/mol. The number of carbonyl (C=O) groups excluding carboxylic acids is 1. The third-order valence-electron chi connectivity index (χ3n) is 3.05. The van der Waals surface area contributed by atoms with Crippen LogP contribution in [0.5, 0.6) is 0 Å². The third kappa shape index (κ3) is 2.49. The number of hydrogen-bond donors (Lipinski definition) is 0. The Bertz CT molecular complexity index is 446. The summed E-state index contributed by atoms with van der Waals surface area (Å²) in [6, 6.07) is 4.17. The fourth-order valence-electron chi connectivity index (χ4n) is 2.03. The molecule has 1 saturated heterocycles. The smallest absolute Gasteiger partial charge is 0.258 e. The first kappa shape index (κ1) is 13.3. The zero-order chi connectivity index (χ0) is 13.3. The minimum atomic E-state index is -0.584. The van der Waals surface area contributed by atoms with Crippen molar-refractivity contribution in [3.05, 3.63) is 34.6 Å². The van der Waals surface area contributed by atoms with E-state index in [1.54, 1.807) is 4.90 Å². The van der Waals surface area contributed by atoms with Crippen molar-refractivity contribution in [2.24, 2.45) is 0 Å². The van der Waals surface area contributed by atoms with Gasteiger partial charge in [-0.2, -0.15) is 0 Å². The number of morpholine rings is 1. The van der Waals surface area contributed by atoms with E-state index in [4.69, 9.17) is 16.3 Å². The van der Waals surface area contributed by atoms with Gasteiger partial charge in [0.05, 0.1) is 29.3 Å². The van der Waals surface area contributed by atoms with Gasteiger partial charge < -0.3 is 9.64 Å². The van der Waals surface area contributed by atoms with Gasteiger partial charge in [-0.3, -0.25) is 4.79 Å². The molecule has 18 heavy (non-hydrogen) atoms. The van der Waals surface area contributed by atoms with Crippen molar-refractivity contribution in [3.63, 3.8) is 0 Å². The Kier molecular flexibility index (Phi) is 3.88. The molecule has 1 aromatic carbocycles. The summed E-state index contributed by atoms with van der Waals surface area (Å²) in [7, 11) is 0. The van der Waals surface area contributed by atoms with Crippen LogP contribution >= 0.6 is 11.6 Å². The highest BCUT2D eigenvalue weighted by atomic mass is 35.5. The highest BCUT2D eigenvalue weighted by Crippen LogP contribution is 2.23. The summed E-state index contributed by atoms with van der Waals surface area (Å²) in [4.78, 5) is 14.0. The first-order chi connectivity index (χ1) is 8.50. The molecule has 2 atom stereocenters. The van der Waals surface area contributed by atoms with Gasteiger partial charge in [0.2, 0.25) is 0 Å². The first-order valence-corrected chi connectivity index (χ1v) is 6.25. The van der Waals surface area contributed by atoms with Crippen LogP contribution in [-0.2, 0) is 4.74 Å². The van der Waals surface area contributed by atoms with Crippen LogP contribution in [0.3, 0.4) is 0 Å². The lowest BCUT2D eigenvalue weighted by Crippen LogP contribution is -2.50. The lowest BCUT2D eigenvalue weighted by atomic mass is 10.1. The molecule has 0 radical (unpaired) electrons. The minimum absolute atomic E-state index is 0.0456. The molecule has 0 saturated carbocycles. The van der Waals surface area contributed by atoms with E-state index in [9.17, 15) is 9.18 Å². The lowest BCUT2D eigenvalue weighted by Gasteiger charge is -2.37. The zero-order valence-corrected chi connectivity index (χ0v) is 11.1. The van der Waals surface area contributed by atoms with Crippen molar-refractivity contribution in [2.75, 3.05) is 13.2 Å². The summed E-state index contributed by atoms with van der Waals surface area (Å²) in [6.45, 7) is 4.66. The molecule has 2 rings (SSSR count). The molecule has 0 N–H and O–H groups in total. The van der Waals surface area contributed by atoms with Gasteiger partial charge in [0.1, 0.15) is 5.82 Å². The van der Waals surface area contributed by atoms with Crippen LogP contribution in [0.15, 0.2) is 18.2 Å². The molecule has 1 aliphatic heterocycles. The van der Waals surface area contributed by atoms with E-state index in [1.165, 1.54) is 18.2 Å². The van der Waals surface area contributed by atoms with Crippen LogP contribution in [0, 0.1) is 5.82 Å². The molecule has 1 aromatic rings. The number of carbonyl (C=O) groups is 1. The molecule has 3 nitrogen and oxygen atoms in total. The Labute approximate surface area is 110 Å². The molecular weight excluding hydrogens is 257 g/mol. The number of rotatable bonds is 1. The van der Waals surface area contributed by atoms with Crippen molar-refractivity contribution < 1.29 is 13.9 Å².